The third-order valence-corrected chi connectivity index (χ3v) is 4.51. The number of hydrogen-bond acceptors (Lipinski definition) is 4. The standard InChI is InChI=1S/C13H10Cl4N2O4/c1-13(2,3)23-12(22)18-19-10(20)4-5(11(19)21)7(15)9(17)8(16)6(4)14/h1-3H3,(H,18,22). The molecule has 3 amide bonds. The van der Waals surface area contributed by atoms with Crippen LogP contribution in [0.3, 0.4) is 0 Å². The Kier molecular flexibility index (Phi) is 4.74. The Morgan fingerprint density at radius 1 is 0.913 bits per heavy atom. The van der Waals surface area contributed by atoms with Gasteiger partial charge in [-0.05, 0) is 20.8 Å². The molecule has 0 bridgehead atoms. The van der Waals surface area contributed by atoms with Crippen molar-refractivity contribution in [1.29, 1.82) is 0 Å². The summed E-state index contributed by atoms with van der Waals surface area (Å²) in [7, 11) is 0. The predicted octanol–water partition coefficient (Wildman–Crippen LogP) is 4.34. The summed E-state index contributed by atoms with van der Waals surface area (Å²) in [6.07, 6.45) is -0.989. The summed E-state index contributed by atoms with van der Waals surface area (Å²) in [6, 6.07) is 0. The maximum Gasteiger partial charge on any atom is 0.427 e. The van der Waals surface area contributed by atoms with Crippen molar-refractivity contribution in [2.24, 2.45) is 0 Å². The first-order valence-electron chi connectivity index (χ1n) is 6.20. The highest BCUT2D eigenvalue weighted by atomic mass is 35.5. The Hall–Kier alpha value is -1.21. The van der Waals surface area contributed by atoms with Crippen molar-refractivity contribution < 1.29 is 19.1 Å². The first kappa shape index (κ1) is 18.1. The molecule has 23 heavy (non-hydrogen) atoms. The summed E-state index contributed by atoms with van der Waals surface area (Å²) in [4.78, 5) is 36.4. The van der Waals surface area contributed by atoms with E-state index in [9.17, 15) is 14.4 Å². The van der Waals surface area contributed by atoms with E-state index in [1.54, 1.807) is 20.8 Å². The van der Waals surface area contributed by atoms with Crippen molar-refractivity contribution in [2.45, 2.75) is 26.4 Å². The molecular weight excluding hydrogens is 390 g/mol. The van der Waals surface area contributed by atoms with Crippen LogP contribution in [0.5, 0.6) is 0 Å². The van der Waals surface area contributed by atoms with Crippen LogP contribution in [0.15, 0.2) is 0 Å². The molecular formula is C13H10Cl4N2O4. The van der Waals surface area contributed by atoms with Crippen LogP contribution in [-0.4, -0.2) is 28.5 Å². The van der Waals surface area contributed by atoms with Crippen molar-refractivity contribution in [1.82, 2.24) is 10.4 Å². The normalized spacial score (nSPS) is 14.1. The van der Waals surface area contributed by atoms with Crippen LogP contribution in [0, 0.1) is 0 Å². The molecule has 0 atom stereocenters. The van der Waals surface area contributed by atoms with E-state index in [2.05, 4.69) is 0 Å². The van der Waals surface area contributed by atoms with Gasteiger partial charge < -0.3 is 4.74 Å². The zero-order valence-corrected chi connectivity index (χ0v) is 15.1. The fourth-order valence-electron chi connectivity index (χ4n) is 1.84. The fraction of sp³-hybridized carbons (Fsp3) is 0.308. The highest BCUT2D eigenvalue weighted by Gasteiger charge is 2.43. The van der Waals surface area contributed by atoms with E-state index in [1.807, 2.05) is 5.43 Å². The minimum absolute atomic E-state index is 0.155. The number of nitrogens with one attached hydrogen (secondary N) is 1. The molecule has 2 rings (SSSR count). The first-order chi connectivity index (χ1) is 10.5. The van der Waals surface area contributed by atoms with E-state index in [0.29, 0.717) is 5.01 Å². The number of carbonyl (C=O) groups is 3. The monoisotopic (exact) mass is 398 g/mol. The SMILES string of the molecule is CC(C)(C)OC(=O)NN1C(=O)c2c(Cl)c(Cl)c(Cl)c(Cl)c2C1=O. The summed E-state index contributed by atoms with van der Waals surface area (Å²) >= 11 is 23.7. The lowest BCUT2D eigenvalue weighted by Crippen LogP contribution is -2.47. The molecule has 0 radical (unpaired) electrons. The largest absolute Gasteiger partial charge is 0.443 e. The van der Waals surface area contributed by atoms with Gasteiger partial charge in [0.05, 0.1) is 31.2 Å². The summed E-state index contributed by atoms with van der Waals surface area (Å²) in [5.41, 5.74) is 0.771. The molecule has 124 valence electrons. The van der Waals surface area contributed by atoms with Gasteiger partial charge >= 0.3 is 6.09 Å². The van der Waals surface area contributed by atoms with E-state index in [0.717, 1.165) is 0 Å². The van der Waals surface area contributed by atoms with E-state index in [1.165, 1.54) is 0 Å². The van der Waals surface area contributed by atoms with Crippen LogP contribution in [-0.2, 0) is 4.74 Å². The number of halogens is 4. The Morgan fingerprint density at radius 3 is 1.65 bits per heavy atom. The highest BCUT2D eigenvalue weighted by Crippen LogP contribution is 2.44. The van der Waals surface area contributed by atoms with Gasteiger partial charge in [0.2, 0.25) is 0 Å². The number of benzene rings is 1. The van der Waals surface area contributed by atoms with Crippen molar-refractivity contribution in [2.75, 3.05) is 0 Å². The van der Waals surface area contributed by atoms with Crippen molar-refractivity contribution in [3.63, 3.8) is 0 Å². The second-order valence-corrected chi connectivity index (χ2v) is 7.08. The summed E-state index contributed by atoms with van der Waals surface area (Å²) in [6.45, 7) is 4.88. The smallest absolute Gasteiger partial charge is 0.427 e. The van der Waals surface area contributed by atoms with Crippen LogP contribution in [0.1, 0.15) is 41.5 Å². The minimum atomic E-state index is -0.989. The van der Waals surface area contributed by atoms with E-state index >= 15 is 0 Å². The number of amides is 3. The molecule has 1 aromatic carbocycles. The second kappa shape index (κ2) is 6.02. The van der Waals surface area contributed by atoms with Gasteiger partial charge in [-0.1, -0.05) is 46.4 Å². The molecule has 0 fully saturated rings. The molecule has 0 saturated carbocycles. The average Bonchev–Trinajstić information content (AvgIpc) is 2.65. The maximum atomic E-state index is 12.3. The number of carbonyl (C=O) groups excluding carboxylic acids is 3. The Morgan fingerprint density at radius 2 is 1.30 bits per heavy atom. The molecule has 6 nitrogen and oxygen atoms in total. The summed E-state index contributed by atoms with van der Waals surface area (Å²) in [5, 5.41) is -0.302. The number of rotatable bonds is 1. The lowest BCUT2D eigenvalue weighted by Gasteiger charge is -2.22. The lowest BCUT2D eigenvalue weighted by molar-refractivity contribution is 0.0290. The maximum absolute atomic E-state index is 12.3. The predicted molar refractivity (Wildman–Crippen MR) is 86.4 cm³/mol. The Labute approximate surface area is 151 Å². The molecule has 1 aliphatic rings. The van der Waals surface area contributed by atoms with Crippen molar-refractivity contribution >= 4 is 64.3 Å². The van der Waals surface area contributed by atoms with E-state index in [4.69, 9.17) is 51.1 Å². The molecule has 0 aromatic heterocycles. The number of fused-ring (bicyclic) bond motifs is 1. The van der Waals surface area contributed by atoms with Gasteiger partial charge in [-0.2, -0.15) is 5.01 Å². The first-order valence-corrected chi connectivity index (χ1v) is 7.71. The molecule has 1 aromatic rings. The molecule has 0 spiro atoms. The number of hydrogen-bond donors (Lipinski definition) is 1. The average molecular weight is 400 g/mol. The van der Waals surface area contributed by atoms with Crippen LogP contribution < -0.4 is 5.43 Å². The summed E-state index contributed by atoms with van der Waals surface area (Å²) < 4.78 is 4.99. The van der Waals surface area contributed by atoms with E-state index in [-0.39, 0.29) is 31.2 Å². The lowest BCUT2D eigenvalue weighted by atomic mass is 10.1. The highest BCUT2D eigenvalue weighted by molar-refractivity contribution is 6.55. The molecule has 10 heteroatoms. The van der Waals surface area contributed by atoms with Crippen LogP contribution in [0.25, 0.3) is 0 Å². The number of hydrazine groups is 1. The van der Waals surface area contributed by atoms with Crippen LogP contribution >= 0.6 is 46.4 Å². The zero-order valence-electron chi connectivity index (χ0n) is 12.1. The Balaban J connectivity index is 2.41. The van der Waals surface area contributed by atoms with Gasteiger partial charge in [-0.25, -0.2) is 10.2 Å². The Bertz CT molecular complexity index is 696. The van der Waals surface area contributed by atoms with Crippen molar-refractivity contribution in [3.8, 4) is 0 Å². The van der Waals surface area contributed by atoms with Gasteiger partial charge in [0.25, 0.3) is 11.8 Å². The number of ether oxygens (including phenoxy) is 1. The third-order valence-electron chi connectivity index (χ3n) is 2.70. The number of nitrogens with zero attached hydrogens (tertiary/aromatic N) is 1. The quantitative estimate of drug-likeness (QED) is 0.433. The van der Waals surface area contributed by atoms with Gasteiger partial charge in [0.1, 0.15) is 5.60 Å². The topological polar surface area (TPSA) is 75.7 Å². The van der Waals surface area contributed by atoms with Gasteiger partial charge in [-0.15, -0.1) is 0 Å². The zero-order chi connectivity index (χ0) is 17.7. The minimum Gasteiger partial charge on any atom is -0.443 e. The van der Waals surface area contributed by atoms with Gasteiger partial charge in [0.15, 0.2) is 0 Å². The fourth-order valence-corrected chi connectivity index (χ4v) is 2.86. The summed E-state index contributed by atoms with van der Waals surface area (Å²) in [5.74, 6) is -1.78. The molecule has 1 aliphatic heterocycles. The molecule has 0 aliphatic carbocycles. The van der Waals surface area contributed by atoms with Crippen molar-refractivity contribution in [3.05, 3.63) is 31.2 Å². The van der Waals surface area contributed by atoms with Gasteiger partial charge in [-0.3, -0.25) is 9.59 Å². The molecule has 1 N–H and O–H groups in total. The molecule has 0 saturated heterocycles. The van der Waals surface area contributed by atoms with E-state index < -0.39 is 23.5 Å². The third kappa shape index (κ3) is 3.21. The molecule has 0 unspecified atom stereocenters. The van der Waals surface area contributed by atoms with Crippen LogP contribution in [0.2, 0.25) is 20.1 Å². The van der Waals surface area contributed by atoms with Crippen LogP contribution in [0.4, 0.5) is 4.79 Å². The number of imide groups is 1. The molecule has 1 heterocycles. The second-order valence-electron chi connectivity index (χ2n) is 5.57. The van der Waals surface area contributed by atoms with Gasteiger partial charge in [0, 0.05) is 0 Å².